The summed E-state index contributed by atoms with van der Waals surface area (Å²) in [7, 11) is 0. The van der Waals surface area contributed by atoms with Crippen LogP contribution in [-0.4, -0.2) is 29.7 Å². The zero-order valence-electron chi connectivity index (χ0n) is 10.00. The summed E-state index contributed by atoms with van der Waals surface area (Å²) in [4.78, 5) is 22.8. The minimum Gasteiger partial charge on any atom is -0.481 e. The van der Waals surface area contributed by atoms with Crippen LogP contribution in [0.3, 0.4) is 0 Å². The Morgan fingerprint density at radius 1 is 1.18 bits per heavy atom. The maximum absolute atomic E-state index is 11.6. The lowest BCUT2D eigenvalue weighted by Crippen LogP contribution is -2.49. The number of amides is 2. The van der Waals surface area contributed by atoms with Crippen LogP contribution in [0.15, 0.2) is 0 Å². The molecule has 0 spiro atoms. The van der Waals surface area contributed by atoms with Crippen molar-refractivity contribution in [1.29, 1.82) is 0 Å². The Balaban J connectivity index is 1.78. The third-order valence-corrected chi connectivity index (χ3v) is 4.04. The number of aliphatic carboxylic acids is 1. The van der Waals surface area contributed by atoms with Crippen molar-refractivity contribution in [2.24, 2.45) is 5.41 Å². The van der Waals surface area contributed by atoms with Crippen molar-refractivity contribution < 1.29 is 14.7 Å². The van der Waals surface area contributed by atoms with E-state index in [-0.39, 0.29) is 12.6 Å². The average molecular weight is 240 g/mol. The molecule has 0 aromatic carbocycles. The lowest BCUT2D eigenvalue weighted by molar-refractivity contribution is -0.148. The van der Waals surface area contributed by atoms with Crippen molar-refractivity contribution in [2.45, 2.75) is 51.0 Å². The van der Waals surface area contributed by atoms with Crippen LogP contribution < -0.4 is 10.6 Å². The molecule has 0 bridgehead atoms. The van der Waals surface area contributed by atoms with Gasteiger partial charge in [0.15, 0.2) is 0 Å². The highest BCUT2D eigenvalue weighted by atomic mass is 16.4. The van der Waals surface area contributed by atoms with Crippen LogP contribution >= 0.6 is 0 Å². The van der Waals surface area contributed by atoms with Gasteiger partial charge in [-0.1, -0.05) is 12.8 Å². The van der Waals surface area contributed by atoms with E-state index in [2.05, 4.69) is 10.6 Å². The van der Waals surface area contributed by atoms with Gasteiger partial charge in [0.25, 0.3) is 0 Å². The minimum atomic E-state index is -0.779. The fraction of sp³-hybridized carbons (Fsp3) is 0.833. The molecule has 0 heterocycles. The Bertz CT molecular complexity index is 307. The molecule has 3 N–H and O–H groups in total. The van der Waals surface area contributed by atoms with E-state index in [1.165, 1.54) is 6.42 Å². The van der Waals surface area contributed by atoms with Crippen molar-refractivity contribution >= 4 is 12.0 Å². The number of hydrogen-bond donors (Lipinski definition) is 3. The highest BCUT2D eigenvalue weighted by molar-refractivity contribution is 5.78. The number of carbonyl (C=O) groups excluding carboxylic acids is 1. The highest BCUT2D eigenvalue weighted by Gasteiger charge is 2.41. The smallest absolute Gasteiger partial charge is 0.315 e. The quantitative estimate of drug-likeness (QED) is 0.696. The van der Waals surface area contributed by atoms with Gasteiger partial charge in [-0.15, -0.1) is 0 Å². The third kappa shape index (κ3) is 2.70. The van der Waals surface area contributed by atoms with Crippen molar-refractivity contribution in [2.75, 3.05) is 6.54 Å². The molecule has 2 aliphatic rings. The molecule has 0 saturated heterocycles. The number of carboxylic acids is 1. The predicted octanol–water partition coefficient (Wildman–Crippen LogP) is 1.48. The van der Waals surface area contributed by atoms with E-state index in [0.717, 1.165) is 25.7 Å². The Hall–Kier alpha value is -1.26. The van der Waals surface area contributed by atoms with Gasteiger partial charge in [0.1, 0.15) is 0 Å². The van der Waals surface area contributed by atoms with Crippen LogP contribution in [0.2, 0.25) is 0 Å². The van der Waals surface area contributed by atoms with Crippen LogP contribution in [0, 0.1) is 5.41 Å². The number of carboxylic acid groups (broad SMARTS) is 1. The summed E-state index contributed by atoms with van der Waals surface area (Å²) in [5.41, 5.74) is -0.725. The van der Waals surface area contributed by atoms with E-state index < -0.39 is 11.4 Å². The molecule has 5 heteroatoms. The van der Waals surface area contributed by atoms with Crippen molar-refractivity contribution in [3.05, 3.63) is 0 Å². The van der Waals surface area contributed by atoms with E-state index in [4.69, 9.17) is 0 Å². The SMILES string of the molecule is O=C(NCC1(C(=O)O)CCCC1)NC1CCC1. The van der Waals surface area contributed by atoms with Gasteiger partial charge in [-0.2, -0.15) is 0 Å². The van der Waals surface area contributed by atoms with Crippen LogP contribution in [-0.2, 0) is 4.79 Å². The maximum Gasteiger partial charge on any atom is 0.315 e. The predicted molar refractivity (Wildman–Crippen MR) is 62.7 cm³/mol. The van der Waals surface area contributed by atoms with Crippen LogP contribution in [0.4, 0.5) is 4.79 Å². The highest BCUT2D eigenvalue weighted by Crippen LogP contribution is 2.37. The third-order valence-electron chi connectivity index (χ3n) is 4.04. The number of rotatable bonds is 4. The number of nitrogens with one attached hydrogen (secondary N) is 2. The summed E-state index contributed by atoms with van der Waals surface area (Å²) >= 11 is 0. The molecule has 2 rings (SSSR count). The topological polar surface area (TPSA) is 78.4 Å². The van der Waals surface area contributed by atoms with Gasteiger partial charge in [0.05, 0.1) is 5.41 Å². The molecule has 5 nitrogen and oxygen atoms in total. The average Bonchev–Trinajstić information content (AvgIpc) is 2.70. The summed E-state index contributed by atoms with van der Waals surface area (Å²) in [6.07, 6.45) is 6.48. The molecule has 0 radical (unpaired) electrons. The summed E-state index contributed by atoms with van der Waals surface area (Å²) in [6, 6.07) is 0.0709. The second-order valence-electron chi connectivity index (χ2n) is 5.25. The summed E-state index contributed by atoms with van der Waals surface area (Å²) in [6.45, 7) is 0.251. The molecule has 0 unspecified atom stereocenters. The van der Waals surface area contributed by atoms with E-state index in [0.29, 0.717) is 18.9 Å². The van der Waals surface area contributed by atoms with E-state index in [1.54, 1.807) is 0 Å². The van der Waals surface area contributed by atoms with Crippen LogP contribution in [0.5, 0.6) is 0 Å². The maximum atomic E-state index is 11.6. The lowest BCUT2D eigenvalue weighted by atomic mass is 9.86. The summed E-state index contributed by atoms with van der Waals surface area (Å²) < 4.78 is 0. The standard InChI is InChI=1S/C12H20N2O3/c15-10(16)12(6-1-2-7-12)8-13-11(17)14-9-4-3-5-9/h9H,1-8H2,(H,15,16)(H2,13,14,17). The van der Waals surface area contributed by atoms with Crippen molar-refractivity contribution in [1.82, 2.24) is 10.6 Å². The zero-order valence-corrected chi connectivity index (χ0v) is 10.00. The van der Waals surface area contributed by atoms with Crippen molar-refractivity contribution in [3.63, 3.8) is 0 Å². The molecule has 2 saturated carbocycles. The van der Waals surface area contributed by atoms with E-state index >= 15 is 0 Å². The molecular weight excluding hydrogens is 220 g/mol. The number of hydrogen-bond acceptors (Lipinski definition) is 2. The Labute approximate surface area is 101 Å². The molecular formula is C12H20N2O3. The fourth-order valence-corrected chi connectivity index (χ4v) is 2.56. The molecule has 0 aromatic heterocycles. The largest absolute Gasteiger partial charge is 0.481 e. The monoisotopic (exact) mass is 240 g/mol. The first-order chi connectivity index (χ1) is 8.12. The first-order valence-electron chi connectivity index (χ1n) is 6.40. The number of urea groups is 1. The molecule has 0 aliphatic heterocycles. The summed E-state index contributed by atoms with van der Waals surface area (Å²) in [5, 5.41) is 14.8. The van der Waals surface area contributed by atoms with Gasteiger partial charge < -0.3 is 15.7 Å². The van der Waals surface area contributed by atoms with Crippen molar-refractivity contribution in [3.8, 4) is 0 Å². The molecule has 96 valence electrons. The Morgan fingerprint density at radius 2 is 1.82 bits per heavy atom. The molecule has 0 aromatic rings. The van der Waals surface area contributed by atoms with Gasteiger partial charge in [0.2, 0.25) is 0 Å². The minimum absolute atomic E-state index is 0.220. The Morgan fingerprint density at radius 3 is 2.29 bits per heavy atom. The number of carbonyl (C=O) groups is 2. The second kappa shape index (κ2) is 4.94. The zero-order chi connectivity index (χ0) is 12.3. The molecule has 2 aliphatic carbocycles. The van der Waals surface area contributed by atoms with Gasteiger partial charge in [-0.25, -0.2) is 4.79 Å². The molecule has 2 fully saturated rings. The van der Waals surface area contributed by atoms with Gasteiger partial charge in [-0.3, -0.25) is 4.79 Å². The molecule has 0 atom stereocenters. The van der Waals surface area contributed by atoms with Crippen LogP contribution in [0.25, 0.3) is 0 Å². The van der Waals surface area contributed by atoms with Gasteiger partial charge >= 0.3 is 12.0 Å². The van der Waals surface area contributed by atoms with Crippen LogP contribution in [0.1, 0.15) is 44.9 Å². The second-order valence-corrected chi connectivity index (χ2v) is 5.25. The molecule has 17 heavy (non-hydrogen) atoms. The first-order valence-corrected chi connectivity index (χ1v) is 6.40. The van der Waals surface area contributed by atoms with Gasteiger partial charge in [0, 0.05) is 12.6 Å². The fourth-order valence-electron chi connectivity index (χ4n) is 2.56. The van der Waals surface area contributed by atoms with E-state index in [9.17, 15) is 14.7 Å². The lowest BCUT2D eigenvalue weighted by Gasteiger charge is -2.28. The summed E-state index contributed by atoms with van der Waals surface area (Å²) in [5.74, 6) is -0.779. The van der Waals surface area contributed by atoms with E-state index in [1.807, 2.05) is 0 Å². The van der Waals surface area contributed by atoms with Gasteiger partial charge in [-0.05, 0) is 32.1 Å². The first kappa shape index (κ1) is 12.2. The Kier molecular flexibility index (Phi) is 3.54. The molecule has 2 amide bonds. The normalized spacial score (nSPS) is 22.8.